The SMILES string of the molecule is Cc1nn(C(C)C)c(N(CCC#N)C(C)C)c1[N+](=O)[O-]. The molecule has 1 heterocycles. The second-order valence-corrected chi connectivity index (χ2v) is 5.25. The first-order valence-corrected chi connectivity index (χ1v) is 6.68. The summed E-state index contributed by atoms with van der Waals surface area (Å²) in [4.78, 5) is 12.8. The molecule has 110 valence electrons. The normalized spacial score (nSPS) is 10.9. The van der Waals surface area contributed by atoms with E-state index in [1.54, 1.807) is 11.6 Å². The zero-order valence-electron chi connectivity index (χ0n) is 12.6. The van der Waals surface area contributed by atoms with Crippen LogP contribution in [0.2, 0.25) is 0 Å². The van der Waals surface area contributed by atoms with Crippen LogP contribution in [0.15, 0.2) is 0 Å². The van der Waals surface area contributed by atoms with Gasteiger partial charge in [-0.05, 0) is 34.6 Å². The molecule has 7 heteroatoms. The molecule has 0 atom stereocenters. The molecule has 0 aliphatic rings. The standard InChI is InChI=1S/C13H21N5O2/c1-9(2)16(8-6-7-14)13-12(18(19)20)11(5)15-17(13)10(3)4/h9-10H,6,8H2,1-5H3. The monoisotopic (exact) mass is 279 g/mol. The molecule has 1 aromatic heterocycles. The molecular weight excluding hydrogens is 258 g/mol. The number of hydrogen-bond acceptors (Lipinski definition) is 5. The fourth-order valence-corrected chi connectivity index (χ4v) is 2.15. The molecule has 1 rings (SSSR count). The number of nitriles is 1. The Labute approximate surface area is 118 Å². The predicted molar refractivity (Wildman–Crippen MR) is 76.7 cm³/mol. The molecule has 0 bridgehead atoms. The summed E-state index contributed by atoms with van der Waals surface area (Å²) in [6.45, 7) is 9.86. The van der Waals surface area contributed by atoms with Crippen LogP contribution in [-0.4, -0.2) is 27.3 Å². The maximum atomic E-state index is 11.3. The van der Waals surface area contributed by atoms with E-state index in [2.05, 4.69) is 11.2 Å². The number of rotatable bonds is 6. The molecule has 0 aliphatic carbocycles. The van der Waals surface area contributed by atoms with Gasteiger partial charge in [-0.3, -0.25) is 10.1 Å². The van der Waals surface area contributed by atoms with Crippen molar-refractivity contribution < 1.29 is 4.92 Å². The van der Waals surface area contributed by atoms with Crippen molar-refractivity contribution in [1.82, 2.24) is 9.78 Å². The van der Waals surface area contributed by atoms with E-state index >= 15 is 0 Å². The number of aryl methyl sites for hydroxylation is 1. The number of aromatic nitrogens is 2. The minimum absolute atomic E-state index is 0.0146. The Bertz CT molecular complexity index is 528. The topological polar surface area (TPSA) is 88.0 Å². The van der Waals surface area contributed by atoms with Gasteiger partial charge in [-0.15, -0.1) is 0 Å². The van der Waals surface area contributed by atoms with Crippen LogP contribution in [0.25, 0.3) is 0 Å². The lowest BCUT2D eigenvalue weighted by Crippen LogP contribution is -2.34. The van der Waals surface area contributed by atoms with Crippen LogP contribution in [0.5, 0.6) is 0 Å². The second kappa shape index (κ2) is 6.37. The lowest BCUT2D eigenvalue weighted by Gasteiger charge is -2.28. The Morgan fingerprint density at radius 1 is 1.45 bits per heavy atom. The summed E-state index contributed by atoms with van der Waals surface area (Å²) < 4.78 is 1.67. The van der Waals surface area contributed by atoms with E-state index in [0.29, 0.717) is 24.5 Å². The van der Waals surface area contributed by atoms with Crippen LogP contribution in [0, 0.1) is 28.4 Å². The summed E-state index contributed by atoms with van der Waals surface area (Å²) in [5.74, 6) is 0.493. The molecule has 20 heavy (non-hydrogen) atoms. The Kier molecular flexibility index (Phi) is 5.08. The van der Waals surface area contributed by atoms with Crippen molar-refractivity contribution in [2.75, 3.05) is 11.4 Å². The number of nitro groups is 1. The highest BCUT2D eigenvalue weighted by atomic mass is 16.6. The maximum Gasteiger partial charge on any atom is 0.333 e. The van der Waals surface area contributed by atoms with Crippen molar-refractivity contribution in [3.8, 4) is 6.07 Å². The summed E-state index contributed by atoms with van der Waals surface area (Å²) in [7, 11) is 0. The number of anilines is 1. The first-order valence-electron chi connectivity index (χ1n) is 6.68. The van der Waals surface area contributed by atoms with Crippen molar-refractivity contribution in [3.63, 3.8) is 0 Å². The van der Waals surface area contributed by atoms with Crippen molar-refractivity contribution >= 4 is 11.5 Å². The van der Waals surface area contributed by atoms with Crippen LogP contribution in [0.3, 0.4) is 0 Å². The minimum atomic E-state index is -0.391. The van der Waals surface area contributed by atoms with Gasteiger partial charge in [0.2, 0.25) is 5.82 Å². The summed E-state index contributed by atoms with van der Waals surface area (Å²) in [6.07, 6.45) is 0.317. The van der Waals surface area contributed by atoms with Crippen molar-refractivity contribution in [3.05, 3.63) is 15.8 Å². The molecule has 0 radical (unpaired) electrons. The second-order valence-electron chi connectivity index (χ2n) is 5.25. The first-order chi connectivity index (χ1) is 9.31. The van der Waals surface area contributed by atoms with Crippen LogP contribution >= 0.6 is 0 Å². The average Bonchev–Trinajstić information content (AvgIpc) is 2.67. The van der Waals surface area contributed by atoms with Crippen molar-refractivity contribution in [2.24, 2.45) is 0 Å². The van der Waals surface area contributed by atoms with E-state index in [9.17, 15) is 10.1 Å². The van der Waals surface area contributed by atoms with Gasteiger partial charge in [-0.2, -0.15) is 10.4 Å². The molecule has 0 saturated heterocycles. The van der Waals surface area contributed by atoms with Gasteiger partial charge in [-0.1, -0.05) is 0 Å². The fraction of sp³-hybridized carbons (Fsp3) is 0.692. The Morgan fingerprint density at radius 3 is 2.45 bits per heavy atom. The lowest BCUT2D eigenvalue weighted by atomic mass is 10.2. The highest BCUT2D eigenvalue weighted by molar-refractivity contribution is 5.62. The predicted octanol–water partition coefficient (Wildman–Crippen LogP) is 2.81. The summed E-state index contributed by atoms with van der Waals surface area (Å²) >= 11 is 0. The molecular formula is C13H21N5O2. The molecule has 0 fully saturated rings. The number of nitrogens with zero attached hydrogens (tertiary/aromatic N) is 5. The molecule has 0 aliphatic heterocycles. The van der Waals surface area contributed by atoms with E-state index in [4.69, 9.17) is 5.26 Å². The van der Waals surface area contributed by atoms with Gasteiger partial charge >= 0.3 is 5.69 Å². The van der Waals surface area contributed by atoms with Crippen LogP contribution in [0.4, 0.5) is 11.5 Å². The highest BCUT2D eigenvalue weighted by Gasteiger charge is 2.31. The average molecular weight is 279 g/mol. The Hall–Kier alpha value is -2.10. The minimum Gasteiger partial charge on any atom is -0.348 e. The molecule has 0 unspecified atom stereocenters. The van der Waals surface area contributed by atoms with E-state index < -0.39 is 4.92 Å². The summed E-state index contributed by atoms with van der Waals surface area (Å²) in [5.41, 5.74) is 0.437. The first kappa shape index (κ1) is 16.0. The number of hydrogen-bond donors (Lipinski definition) is 0. The lowest BCUT2D eigenvalue weighted by molar-refractivity contribution is -0.384. The third-order valence-corrected chi connectivity index (χ3v) is 3.06. The third kappa shape index (κ3) is 3.07. The van der Waals surface area contributed by atoms with Gasteiger partial charge in [0, 0.05) is 18.6 Å². The van der Waals surface area contributed by atoms with Crippen LogP contribution in [-0.2, 0) is 0 Å². The quantitative estimate of drug-likeness (QED) is 0.590. The van der Waals surface area contributed by atoms with Gasteiger partial charge in [0.1, 0.15) is 5.69 Å². The fourth-order valence-electron chi connectivity index (χ4n) is 2.15. The molecule has 0 spiro atoms. The molecule has 0 aromatic carbocycles. The molecule has 0 amide bonds. The smallest absolute Gasteiger partial charge is 0.333 e. The largest absolute Gasteiger partial charge is 0.348 e. The van der Waals surface area contributed by atoms with E-state index in [1.165, 1.54) is 0 Å². The molecule has 7 nitrogen and oxygen atoms in total. The molecule has 0 N–H and O–H groups in total. The van der Waals surface area contributed by atoms with Gasteiger partial charge in [0.05, 0.1) is 17.4 Å². The highest BCUT2D eigenvalue weighted by Crippen LogP contribution is 2.34. The van der Waals surface area contributed by atoms with Crippen molar-refractivity contribution in [2.45, 2.75) is 53.1 Å². The van der Waals surface area contributed by atoms with E-state index in [-0.39, 0.29) is 17.8 Å². The third-order valence-electron chi connectivity index (χ3n) is 3.06. The molecule has 0 saturated carbocycles. The summed E-state index contributed by atoms with van der Waals surface area (Å²) in [6, 6.07) is 2.15. The Morgan fingerprint density at radius 2 is 2.05 bits per heavy atom. The van der Waals surface area contributed by atoms with Gasteiger partial charge in [-0.25, -0.2) is 4.68 Å². The zero-order chi connectivity index (χ0) is 15.4. The maximum absolute atomic E-state index is 11.3. The van der Waals surface area contributed by atoms with Gasteiger partial charge in [0.25, 0.3) is 0 Å². The van der Waals surface area contributed by atoms with Crippen molar-refractivity contribution in [1.29, 1.82) is 5.26 Å². The van der Waals surface area contributed by atoms with E-state index in [0.717, 1.165) is 0 Å². The van der Waals surface area contributed by atoms with E-state index in [1.807, 2.05) is 32.6 Å². The summed E-state index contributed by atoms with van der Waals surface area (Å²) in [5, 5.41) is 24.4. The van der Waals surface area contributed by atoms with Crippen LogP contribution < -0.4 is 4.90 Å². The molecule has 1 aromatic rings. The van der Waals surface area contributed by atoms with Gasteiger partial charge < -0.3 is 4.90 Å². The van der Waals surface area contributed by atoms with Crippen LogP contribution in [0.1, 0.15) is 45.9 Å². The zero-order valence-corrected chi connectivity index (χ0v) is 12.6. The Balaban J connectivity index is 3.44. The van der Waals surface area contributed by atoms with Gasteiger partial charge in [0.15, 0.2) is 0 Å².